The van der Waals surface area contributed by atoms with Gasteiger partial charge in [0.2, 0.25) is 0 Å². The summed E-state index contributed by atoms with van der Waals surface area (Å²) in [6.07, 6.45) is 0. The van der Waals surface area contributed by atoms with E-state index in [0.717, 1.165) is 0 Å². The van der Waals surface area contributed by atoms with Gasteiger partial charge in [-0.25, -0.2) is 6.07 Å². The van der Waals surface area contributed by atoms with Crippen LogP contribution in [0.15, 0.2) is 17.5 Å². The van der Waals surface area contributed by atoms with Crippen LogP contribution in [0.25, 0.3) is 0 Å². The molecule has 0 nitrogen and oxygen atoms in total. The predicted octanol–water partition coefficient (Wildman–Crippen LogP) is -1.34. The summed E-state index contributed by atoms with van der Waals surface area (Å²) in [5.74, 6) is 0. The third-order valence-corrected chi connectivity index (χ3v) is 0.944. The average Bonchev–Trinajstić information content (AvgIpc) is 1.76. The van der Waals surface area contributed by atoms with E-state index in [2.05, 4.69) is 5.38 Å². The summed E-state index contributed by atoms with van der Waals surface area (Å²) in [5.41, 5.74) is 0. The van der Waals surface area contributed by atoms with Gasteiger partial charge in [-0.05, 0) is 0 Å². The normalized spacial score (nSPS) is 5.71. The maximum Gasteiger partial charge on any atom is 1.00 e. The zero-order valence-electron chi connectivity index (χ0n) is 4.94. The molecule has 0 aromatic carbocycles. The fourth-order valence-electron chi connectivity index (χ4n) is 0.196. The van der Waals surface area contributed by atoms with E-state index >= 15 is 0 Å². The standard InChI is InChI=1S/C4H3S.Cu.Li.H/c1-2-4-5-3-1;;;/h1-3H;;;/q-1;2*+1;-1. The van der Waals surface area contributed by atoms with E-state index in [0.29, 0.717) is 0 Å². The predicted molar refractivity (Wildman–Crippen MR) is 24.3 cm³/mol. The molecule has 7 heavy (non-hydrogen) atoms. The van der Waals surface area contributed by atoms with Gasteiger partial charge in [-0.2, -0.15) is 11.4 Å². The third-order valence-electron chi connectivity index (χ3n) is 0.379. The van der Waals surface area contributed by atoms with E-state index in [1.54, 1.807) is 11.3 Å². The SMILES string of the molecule is [Cu+].[H-].[Li+].[c-]1cccs1. The van der Waals surface area contributed by atoms with Crippen LogP contribution < -0.4 is 18.9 Å². The first-order valence-electron chi connectivity index (χ1n) is 1.40. The quantitative estimate of drug-likeness (QED) is 0.321. The zero-order valence-corrected chi connectivity index (χ0v) is 5.70. The summed E-state index contributed by atoms with van der Waals surface area (Å²) in [6, 6.07) is 3.86. The Bertz CT molecular complexity index is 72.5. The molecule has 0 saturated heterocycles. The monoisotopic (exact) mass is 154 g/mol. The molecule has 0 spiro atoms. The van der Waals surface area contributed by atoms with Crippen LogP contribution in [0.3, 0.4) is 0 Å². The zero-order chi connectivity index (χ0) is 3.54. The van der Waals surface area contributed by atoms with Crippen LogP contribution in [-0.2, 0) is 17.1 Å². The molecule has 0 aliphatic carbocycles. The minimum absolute atomic E-state index is 0. The van der Waals surface area contributed by atoms with Gasteiger partial charge >= 0.3 is 35.9 Å². The second-order valence-corrected chi connectivity index (χ2v) is 1.47. The number of hydrogen-bond donors (Lipinski definition) is 0. The van der Waals surface area contributed by atoms with Crippen molar-refractivity contribution in [3.8, 4) is 0 Å². The minimum Gasteiger partial charge on any atom is -1.00 e. The van der Waals surface area contributed by atoms with E-state index in [4.69, 9.17) is 0 Å². The molecule has 0 aliphatic heterocycles. The molecule has 0 amide bonds. The Hall–Kier alpha value is 0.817. The molecule has 0 N–H and O–H groups in total. The maximum atomic E-state index is 2.90. The minimum atomic E-state index is 0. The fourth-order valence-corrected chi connectivity index (χ4v) is 0.589. The van der Waals surface area contributed by atoms with Gasteiger partial charge in [0.1, 0.15) is 0 Å². The van der Waals surface area contributed by atoms with Gasteiger partial charge in [-0.1, -0.05) is 0 Å². The Balaban J connectivity index is -0.0000000833. The van der Waals surface area contributed by atoms with Crippen LogP contribution in [-0.4, -0.2) is 0 Å². The molecule has 0 bridgehead atoms. The van der Waals surface area contributed by atoms with Crippen molar-refractivity contribution in [3.05, 3.63) is 22.9 Å². The van der Waals surface area contributed by atoms with Crippen molar-refractivity contribution in [1.82, 2.24) is 0 Å². The Morgan fingerprint density at radius 2 is 2.29 bits per heavy atom. The van der Waals surface area contributed by atoms with Gasteiger partial charge in [0, 0.05) is 0 Å². The van der Waals surface area contributed by atoms with Gasteiger partial charge in [-0.15, -0.1) is 5.38 Å². The number of rotatable bonds is 0. The second-order valence-electron chi connectivity index (χ2n) is 0.731. The van der Waals surface area contributed by atoms with E-state index in [-0.39, 0.29) is 37.4 Å². The molecular weight excluding hydrogens is 151 g/mol. The Morgan fingerprint density at radius 1 is 1.57 bits per heavy atom. The second kappa shape index (κ2) is 6.82. The van der Waals surface area contributed by atoms with Gasteiger partial charge in [0.25, 0.3) is 0 Å². The van der Waals surface area contributed by atoms with E-state index in [1.807, 2.05) is 17.5 Å². The summed E-state index contributed by atoms with van der Waals surface area (Å²) in [5, 5.41) is 4.89. The topological polar surface area (TPSA) is 0 Å². The molecule has 1 heterocycles. The van der Waals surface area contributed by atoms with Gasteiger partial charge < -0.3 is 12.8 Å². The Labute approximate surface area is 71.4 Å². The Morgan fingerprint density at radius 3 is 2.43 bits per heavy atom. The van der Waals surface area contributed by atoms with Crippen LogP contribution in [0.2, 0.25) is 0 Å². The molecule has 0 radical (unpaired) electrons. The molecular formula is C4H4CuLiS. The van der Waals surface area contributed by atoms with Crippen LogP contribution in [0.5, 0.6) is 0 Å². The van der Waals surface area contributed by atoms with Crippen molar-refractivity contribution < 1.29 is 37.4 Å². The first-order chi connectivity index (χ1) is 2.50. The molecule has 3 heteroatoms. The number of thiophene rings is 1. The van der Waals surface area contributed by atoms with Crippen molar-refractivity contribution in [2.45, 2.75) is 0 Å². The molecule has 1 aromatic rings. The van der Waals surface area contributed by atoms with E-state index < -0.39 is 0 Å². The van der Waals surface area contributed by atoms with Crippen molar-refractivity contribution in [2.75, 3.05) is 0 Å². The van der Waals surface area contributed by atoms with Crippen LogP contribution >= 0.6 is 11.3 Å². The molecule has 0 unspecified atom stereocenters. The molecule has 0 aliphatic rings. The first-order valence-corrected chi connectivity index (χ1v) is 2.27. The molecule has 1 rings (SSSR count). The molecule has 0 saturated carbocycles. The maximum absolute atomic E-state index is 2.90. The smallest absolute Gasteiger partial charge is 1.00 e. The van der Waals surface area contributed by atoms with Gasteiger partial charge in [0.05, 0.1) is 0 Å². The Kier molecular flexibility index (Phi) is 10.5. The fraction of sp³-hybridized carbons (Fsp3) is 0. The van der Waals surface area contributed by atoms with E-state index in [1.165, 1.54) is 0 Å². The molecule has 0 fully saturated rings. The van der Waals surface area contributed by atoms with Crippen LogP contribution in [0, 0.1) is 5.38 Å². The summed E-state index contributed by atoms with van der Waals surface area (Å²) in [4.78, 5) is 0. The van der Waals surface area contributed by atoms with Gasteiger partial charge in [0.15, 0.2) is 0 Å². The average molecular weight is 155 g/mol. The summed E-state index contributed by atoms with van der Waals surface area (Å²) in [7, 11) is 0. The summed E-state index contributed by atoms with van der Waals surface area (Å²) < 4.78 is 0. The largest absolute Gasteiger partial charge is 1.00 e. The van der Waals surface area contributed by atoms with Crippen LogP contribution in [0.1, 0.15) is 1.43 Å². The number of hydrogen-bond acceptors (Lipinski definition) is 1. The van der Waals surface area contributed by atoms with Crippen molar-refractivity contribution in [1.29, 1.82) is 0 Å². The molecule has 38 valence electrons. The van der Waals surface area contributed by atoms with Crippen molar-refractivity contribution in [2.24, 2.45) is 0 Å². The van der Waals surface area contributed by atoms with E-state index in [9.17, 15) is 0 Å². The molecule has 1 aromatic heterocycles. The third kappa shape index (κ3) is 4.67. The molecule has 0 atom stereocenters. The van der Waals surface area contributed by atoms with Gasteiger partial charge in [-0.3, -0.25) is 0 Å². The summed E-state index contributed by atoms with van der Waals surface area (Å²) >= 11 is 1.59. The van der Waals surface area contributed by atoms with Crippen molar-refractivity contribution >= 4 is 11.3 Å². The van der Waals surface area contributed by atoms with Crippen molar-refractivity contribution in [3.63, 3.8) is 0 Å². The first kappa shape index (κ1) is 10.7. The van der Waals surface area contributed by atoms with Crippen LogP contribution in [0.4, 0.5) is 0 Å². The summed E-state index contributed by atoms with van der Waals surface area (Å²) in [6.45, 7) is 0.